The van der Waals surface area contributed by atoms with E-state index >= 15 is 0 Å². The fourth-order valence-corrected chi connectivity index (χ4v) is 6.61. The number of carbonyl (C=O) groups excluding carboxylic acids is 2. The summed E-state index contributed by atoms with van der Waals surface area (Å²) in [4.78, 5) is 29.2. The summed E-state index contributed by atoms with van der Waals surface area (Å²) in [6.07, 6.45) is 9.36. The molecule has 2 aliphatic heterocycles. The molecule has 1 aliphatic carbocycles. The first-order chi connectivity index (χ1) is 15.8. The van der Waals surface area contributed by atoms with Crippen molar-refractivity contribution in [3.05, 3.63) is 23.8 Å². The highest BCUT2D eigenvalue weighted by Crippen LogP contribution is 2.31. The fourth-order valence-electron chi connectivity index (χ4n) is 5.25. The molecule has 1 saturated carbocycles. The minimum atomic E-state index is -3.58. The molecule has 0 unspecified atom stereocenters. The first-order valence-corrected chi connectivity index (χ1v) is 14.1. The molecule has 182 valence electrons. The number of likely N-dealkylation sites (tertiary alicyclic amines) is 1. The molecule has 33 heavy (non-hydrogen) atoms. The number of carbonyl (C=O) groups is 2. The van der Waals surface area contributed by atoms with Gasteiger partial charge in [0.25, 0.3) is 0 Å². The lowest BCUT2D eigenvalue weighted by Gasteiger charge is -2.30. The minimum Gasteiger partial charge on any atom is -0.343 e. The predicted molar refractivity (Wildman–Crippen MR) is 129 cm³/mol. The van der Waals surface area contributed by atoms with Crippen molar-refractivity contribution in [1.29, 1.82) is 0 Å². The van der Waals surface area contributed by atoms with Gasteiger partial charge in [0.05, 0.1) is 4.90 Å². The first-order valence-electron chi connectivity index (χ1n) is 12.6. The standard InChI is InChI=1S/C25H37N3O4S/c1-19-12-15-27(16-13-19)24(29)10-11-25(30)28-17-14-20-18-22(8-9-23(20)28)33(31,32)26-21-6-4-2-3-5-7-21/h8-9,18-19,21,26H,2-7,10-17H2,1H3. The number of anilines is 1. The Bertz CT molecular complexity index is 962. The number of hydrogen-bond donors (Lipinski definition) is 1. The van der Waals surface area contributed by atoms with Crippen LogP contribution in [0.4, 0.5) is 5.69 Å². The van der Waals surface area contributed by atoms with Crippen molar-refractivity contribution in [1.82, 2.24) is 9.62 Å². The van der Waals surface area contributed by atoms with Crippen molar-refractivity contribution in [2.75, 3.05) is 24.5 Å². The zero-order valence-electron chi connectivity index (χ0n) is 19.7. The fraction of sp³-hybridized carbons (Fsp3) is 0.680. The summed E-state index contributed by atoms with van der Waals surface area (Å²) in [5.74, 6) is 0.646. The van der Waals surface area contributed by atoms with E-state index in [1.165, 1.54) is 12.8 Å². The third-order valence-corrected chi connectivity index (χ3v) is 8.94. The van der Waals surface area contributed by atoms with Gasteiger partial charge in [-0.2, -0.15) is 0 Å². The summed E-state index contributed by atoms with van der Waals surface area (Å²) >= 11 is 0. The Kier molecular flexibility index (Phi) is 7.74. The van der Waals surface area contributed by atoms with Crippen LogP contribution in [0, 0.1) is 5.92 Å². The van der Waals surface area contributed by atoms with Gasteiger partial charge < -0.3 is 9.80 Å². The number of nitrogens with one attached hydrogen (secondary N) is 1. The molecule has 8 heteroatoms. The largest absolute Gasteiger partial charge is 0.343 e. The highest BCUT2D eigenvalue weighted by atomic mass is 32.2. The minimum absolute atomic E-state index is 0.00415. The van der Waals surface area contributed by atoms with Crippen LogP contribution in [0.15, 0.2) is 23.1 Å². The Morgan fingerprint density at radius 3 is 2.30 bits per heavy atom. The lowest BCUT2D eigenvalue weighted by molar-refractivity contribution is -0.134. The summed E-state index contributed by atoms with van der Waals surface area (Å²) in [5, 5.41) is 0. The van der Waals surface area contributed by atoms with Gasteiger partial charge >= 0.3 is 0 Å². The van der Waals surface area contributed by atoms with E-state index in [9.17, 15) is 18.0 Å². The quantitative estimate of drug-likeness (QED) is 0.637. The van der Waals surface area contributed by atoms with Gasteiger partial charge in [-0.05, 0) is 61.8 Å². The molecule has 1 aromatic rings. The van der Waals surface area contributed by atoms with E-state index in [0.717, 1.165) is 62.9 Å². The van der Waals surface area contributed by atoms with Crippen molar-refractivity contribution < 1.29 is 18.0 Å². The molecule has 0 aromatic heterocycles. The monoisotopic (exact) mass is 475 g/mol. The van der Waals surface area contributed by atoms with Crippen LogP contribution in [0.5, 0.6) is 0 Å². The summed E-state index contributed by atoms with van der Waals surface area (Å²) in [6.45, 7) is 4.31. The highest BCUT2D eigenvalue weighted by molar-refractivity contribution is 7.89. The van der Waals surface area contributed by atoms with Crippen molar-refractivity contribution in [2.45, 2.75) is 88.5 Å². The number of rotatable bonds is 6. The van der Waals surface area contributed by atoms with E-state index in [2.05, 4.69) is 11.6 Å². The number of piperidine rings is 1. The summed E-state index contributed by atoms with van der Waals surface area (Å²) < 4.78 is 28.8. The number of fused-ring (bicyclic) bond motifs is 1. The van der Waals surface area contributed by atoms with Crippen LogP contribution in [-0.4, -0.2) is 50.8 Å². The zero-order valence-corrected chi connectivity index (χ0v) is 20.5. The van der Waals surface area contributed by atoms with Crippen LogP contribution in [-0.2, 0) is 26.0 Å². The van der Waals surface area contributed by atoms with Crippen LogP contribution in [0.2, 0.25) is 0 Å². The number of sulfonamides is 1. The van der Waals surface area contributed by atoms with Gasteiger partial charge in [0.15, 0.2) is 0 Å². The Morgan fingerprint density at radius 2 is 1.61 bits per heavy atom. The first kappa shape index (κ1) is 24.2. The topological polar surface area (TPSA) is 86.8 Å². The molecule has 1 N–H and O–H groups in total. The van der Waals surface area contributed by atoms with Crippen molar-refractivity contribution >= 4 is 27.5 Å². The molecule has 0 radical (unpaired) electrons. The van der Waals surface area contributed by atoms with E-state index in [4.69, 9.17) is 0 Å². The van der Waals surface area contributed by atoms with Crippen LogP contribution < -0.4 is 9.62 Å². The number of hydrogen-bond acceptors (Lipinski definition) is 4. The smallest absolute Gasteiger partial charge is 0.240 e. The van der Waals surface area contributed by atoms with E-state index in [1.54, 1.807) is 23.1 Å². The van der Waals surface area contributed by atoms with Gasteiger partial charge in [-0.25, -0.2) is 13.1 Å². The molecule has 0 spiro atoms. The van der Waals surface area contributed by atoms with Crippen molar-refractivity contribution in [3.8, 4) is 0 Å². The molecular weight excluding hydrogens is 438 g/mol. The third-order valence-electron chi connectivity index (χ3n) is 7.42. The highest BCUT2D eigenvalue weighted by Gasteiger charge is 2.29. The normalized spacial score (nSPS) is 20.5. The molecular formula is C25H37N3O4S. The van der Waals surface area contributed by atoms with Gasteiger partial charge in [0, 0.05) is 44.2 Å². The summed E-state index contributed by atoms with van der Waals surface area (Å²) in [5.41, 5.74) is 1.65. The Labute approximate surface area is 198 Å². The molecule has 1 aromatic carbocycles. The molecule has 3 aliphatic rings. The Morgan fingerprint density at radius 1 is 0.939 bits per heavy atom. The lowest BCUT2D eigenvalue weighted by atomic mass is 9.99. The zero-order chi connectivity index (χ0) is 23.4. The van der Waals surface area contributed by atoms with Crippen molar-refractivity contribution in [3.63, 3.8) is 0 Å². The second-order valence-electron chi connectivity index (χ2n) is 9.96. The molecule has 0 atom stereocenters. The van der Waals surface area contributed by atoms with Crippen molar-refractivity contribution in [2.24, 2.45) is 5.92 Å². The molecule has 4 rings (SSSR count). The van der Waals surface area contributed by atoms with E-state index < -0.39 is 10.0 Å². The van der Waals surface area contributed by atoms with Crippen LogP contribution in [0.3, 0.4) is 0 Å². The maximum absolute atomic E-state index is 12.9. The van der Waals surface area contributed by atoms with E-state index in [-0.39, 0.29) is 35.6 Å². The Hall–Kier alpha value is -1.93. The molecule has 0 bridgehead atoms. The predicted octanol–water partition coefficient (Wildman–Crippen LogP) is 3.62. The second-order valence-corrected chi connectivity index (χ2v) is 11.7. The van der Waals surface area contributed by atoms with Crippen LogP contribution in [0.1, 0.15) is 76.7 Å². The number of benzene rings is 1. The third kappa shape index (κ3) is 5.96. The molecule has 2 fully saturated rings. The van der Waals surface area contributed by atoms with E-state index in [1.807, 2.05) is 4.90 Å². The van der Waals surface area contributed by atoms with Gasteiger partial charge in [-0.15, -0.1) is 0 Å². The second kappa shape index (κ2) is 10.6. The molecule has 1 saturated heterocycles. The van der Waals surface area contributed by atoms with E-state index in [0.29, 0.717) is 18.9 Å². The van der Waals surface area contributed by atoms with Crippen LogP contribution >= 0.6 is 0 Å². The van der Waals surface area contributed by atoms with Gasteiger partial charge in [0.1, 0.15) is 0 Å². The maximum Gasteiger partial charge on any atom is 0.240 e. The van der Waals surface area contributed by atoms with Gasteiger partial charge in [0.2, 0.25) is 21.8 Å². The lowest BCUT2D eigenvalue weighted by Crippen LogP contribution is -2.38. The molecule has 2 heterocycles. The average Bonchev–Trinajstić information content (AvgIpc) is 3.06. The number of amides is 2. The Balaban J connectivity index is 1.35. The van der Waals surface area contributed by atoms with Gasteiger partial charge in [-0.1, -0.05) is 32.6 Å². The maximum atomic E-state index is 12.9. The van der Waals surface area contributed by atoms with Gasteiger partial charge in [-0.3, -0.25) is 9.59 Å². The average molecular weight is 476 g/mol. The molecule has 2 amide bonds. The van der Waals surface area contributed by atoms with Crippen LogP contribution in [0.25, 0.3) is 0 Å². The number of nitrogens with zero attached hydrogens (tertiary/aromatic N) is 2. The summed E-state index contributed by atoms with van der Waals surface area (Å²) in [6, 6.07) is 5.06. The summed E-state index contributed by atoms with van der Waals surface area (Å²) in [7, 11) is -3.58. The SMILES string of the molecule is CC1CCN(C(=O)CCC(=O)N2CCc3cc(S(=O)(=O)NC4CCCCCC4)ccc32)CC1. The molecule has 7 nitrogen and oxygen atoms in total.